The van der Waals surface area contributed by atoms with Gasteiger partial charge in [-0.1, -0.05) is 32.9 Å². The molecule has 0 aliphatic heterocycles. The maximum absolute atomic E-state index is 7.07. The minimum absolute atomic E-state index is 0.159. The molecule has 0 atom stereocenters. The molecule has 88 valence electrons. The van der Waals surface area contributed by atoms with Gasteiger partial charge in [0.15, 0.2) is 0 Å². The summed E-state index contributed by atoms with van der Waals surface area (Å²) in [5.74, 6) is 0.987. The van der Waals surface area contributed by atoms with Crippen LogP contribution in [0.5, 0.6) is 5.75 Å². The van der Waals surface area contributed by atoms with Gasteiger partial charge < -0.3 is 10.5 Å². The van der Waals surface area contributed by atoms with Gasteiger partial charge in [0.1, 0.15) is 5.75 Å². The maximum Gasteiger partial charge on any atom is 0.119 e. The number of nitrogens with two attached hydrogens (primary N) is 1. The monoisotopic (exact) mass is 220 g/mol. The predicted molar refractivity (Wildman–Crippen MR) is 67.2 cm³/mol. The summed E-state index contributed by atoms with van der Waals surface area (Å²) in [6, 6.07) is 8.06. The number of ether oxygens (including phenoxy) is 1. The van der Waals surface area contributed by atoms with Crippen molar-refractivity contribution < 1.29 is 4.74 Å². The van der Waals surface area contributed by atoms with Gasteiger partial charge in [0.2, 0.25) is 0 Å². The SMILES string of the molecule is CC(C)(C)c1ccc(OCCC(=N)N)cc1. The highest BCUT2D eigenvalue weighted by molar-refractivity contribution is 5.76. The third-order valence-electron chi connectivity index (χ3n) is 2.36. The zero-order chi connectivity index (χ0) is 12.2. The Balaban J connectivity index is 2.55. The third kappa shape index (κ3) is 3.93. The number of rotatable bonds is 4. The highest BCUT2D eigenvalue weighted by Gasteiger charge is 2.12. The van der Waals surface area contributed by atoms with Crippen LogP contribution >= 0.6 is 0 Å². The average Bonchev–Trinajstić information content (AvgIpc) is 2.16. The molecule has 0 fully saturated rings. The van der Waals surface area contributed by atoms with Crippen molar-refractivity contribution in [3.05, 3.63) is 29.8 Å². The molecule has 3 nitrogen and oxygen atoms in total. The van der Waals surface area contributed by atoms with Crippen molar-refractivity contribution in [2.75, 3.05) is 6.61 Å². The first kappa shape index (κ1) is 12.6. The van der Waals surface area contributed by atoms with E-state index in [1.807, 2.05) is 12.1 Å². The lowest BCUT2D eigenvalue weighted by molar-refractivity contribution is 0.328. The number of benzene rings is 1. The molecule has 0 bridgehead atoms. The lowest BCUT2D eigenvalue weighted by Crippen LogP contribution is -2.14. The Morgan fingerprint density at radius 1 is 1.25 bits per heavy atom. The van der Waals surface area contributed by atoms with Crippen LogP contribution in [0.1, 0.15) is 32.8 Å². The summed E-state index contributed by atoms with van der Waals surface area (Å²) in [7, 11) is 0. The fourth-order valence-electron chi connectivity index (χ4n) is 1.33. The van der Waals surface area contributed by atoms with E-state index in [1.54, 1.807) is 0 Å². The van der Waals surface area contributed by atoms with Gasteiger partial charge in [0.05, 0.1) is 12.4 Å². The average molecular weight is 220 g/mol. The molecule has 0 radical (unpaired) electrons. The second-order valence-corrected chi connectivity index (χ2v) is 4.90. The predicted octanol–water partition coefficient (Wildman–Crippen LogP) is 2.69. The lowest BCUT2D eigenvalue weighted by Gasteiger charge is -2.19. The molecule has 3 heteroatoms. The second-order valence-electron chi connectivity index (χ2n) is 4.90. The molecular weight excluding hydrogens is 200 g/mol. The van der Waals surface area contributed by atoms with Crippen LogP contribution < -0.4 is 10.5 Å². The molecule has 1 rings (SSSR count). The van der Waals surface area contributed by atoms with Gasteiger partial charge in [-0.25, -0.2) is 0 Å². The van der Waals surface area contributed by atoms with Crippen molar-refractivity contribution in [1.82, 2.24) is 0 Å². The van der Waals surface area contributed by atoms with E-state index in [4.69, 9.17) is 15.9 Å². The van der Waals surface area contributed by atoms with Crippen LogP contribution in [0.25, 0.3) is 0 Å². The van der Waals surface area contributed by atoms with Crippen LogP contribution in [0.3, 0.4) is 0 Å². The van der Waals surface area contributed by atoms with Gasteiger partial charge in [-0.2, -0.15) is 0 Å². The molecule has 1 aromatic carbocycles. The Morgan fingerprint density at radius 3 is 2.25 bits per heavy atom. The Kier molecular flexibility index (Phi) is 3.93. The zero-order valence-electron chi connectivity index (χ0n) is 10.2. The molecule has 0 spiro atoms. The van der Waals surface area contributed by atoms with Crippen LogP contribution in [-0.2, 0) is 5.41 Å². The van der Waals surface area contributed by atoms with E-state index in [0.717, 1.165) is 5.75 Å². The first-order valence-electron chi connectivity index (χ1n) is 5.46. The summed E-state index contributed by atoms with van der Waals surface area (Å²) < 4.78 is 5.46. The summed E-state index contributed by atoms with van der Waals surface area (Å²) in [6.45, 7) is 7.00. The number of hydrogen-bond acceptors (Lipinski definition) is 2. The Bertz CT molecular complexity index is 349. The van der Waals surface area contributed by atoms with Crippen molar-refractivity contribution in [2.45, 2.75) is 32.6 Å². The summed E-state index contributed by atoms with van der Waals surface area (Å²) in [6.07, 6.45) is 0.473. The first-order valence-corrected chi connectivity index (χ1v) is 5.46. The van der Waals surface area contributed by atoms with E-state index in [2.05, 4.69) is 32.9 Å². The van der Waals surface area contributed by atoms with Crippen LogP contribution in [0, 0.1) is 5.41 Å². The van der Waals surface area contributed by atoms with Crippen LogP contribution in [0.15, 0.2) is 24.3 Å². The Hall–Kier alpha value is -1.51. The van der Waals surface area contributed by atoms with E-state index < -0.39 is 0 Å². The maximum atomic E-state index is 7.07. The van der Waals surface area contributed by atoms with E-state index >= 15 is 0 Å². The van der Waals surface area contributed by atoms with Crippen molar-refractivity contribution >= 4 is 5.84 Å². The van der Waals surface area contributed by atoms with Crippen LogP contribution in [0.4, 0.5) is 0 Å². The smallest absolute Gasteiger partial charge is 0.119 e. The van der Waals surface area contributed by atoms with Gasteiger partial charge in [-0.3, -0.25) is 5.41 Å². The Labute approximate surface area is 97.1 Å². The van der Waals surface area contributed by atoms with Gasteiger partial charge in [-0.05, 0) is 23.1 Å². The lowest BCUT2D eigenvalue weighted by atomic mass is 9.87. The van der Waals surface area contributed by atoms with Crippen molar-refractivity contribution in [3.63, 3.8) is 0 Å². The molecule has 1 aromatic rings. The topological polar surface area (TPSA) is 59.1 Å². The number of amidine groups is 1. The molecule has 0 aliphatic carbocycles. The largest absolute Gasteiger partial charge is 0.493 e. The second kappa shape index (κ2) is 5.01. The minimum Gasteiger partial charge on any atom is -0.493 e. The third-order valence-corrected chi connectivity index (χ3v) is 2.36. The van der Waals surface area contributed by atoms with Crippen LogP contribution in [-0.4, -0.2) is 12.4 Å². The van der Waals surface area contributed by atoms with E-state index in [-0.39, 0.29) is 11.3 Å². The molecule has 0 aliphatic rings. The van der Waals surface area contributed by atoms with E-state index in [9.17, 15) is 0 Å². The summed E-state index contributed by atoms with van der Waals surface area (Å²) in [5.41, 5.74) is 6.69. The number of hydrogen-bond donors (Lipinski definition) is 2. The number of nitrogens with one attached hydrogen (secondary N) is 1. The molecule has 16 heavy (non-hydrogen) atoms. The highest BCUT2D eigenvalue weighted by Crippen LogP contribution is 2.24. The molecule has 3 N–H and O–H groups in total. The molecule has 0 amide bonds. The zero-order valence-corrected chi connectivity index (χ0v) is 10.2. The standard InChI is InChI=1S/C13H20N2O/c1-13(2,3)10-4-6-11(7-5-10)16-9-8-12(14)15/h4-7H,8-9H2,1-3H3,(H3,14,15). The van der Waals surface area contributed by atoms with Gasteiger partial charge >= 0.3 is 0 Å². The van der Waals surface area contributed by atoms with Gasteiger partial charge in [0, 0.05) is 6.42 Å². The fraction of sp³-hybridized carbons (Fsp3) is 0.462. The normalized spacial score (nSPS) is 11.2. The highest BCUT2D eigenvalue weighted by atomic mass is 16.5. The molecule has 0 aromatic heterocycles. The summed E-state index contributed by atoms with van der Waals surface area (Å²) >= 11 is 0. The molecule has 0 heterocycles. The van der Waals surface area contributed by atoms with E-state index in [0.29, 0.717) is 13.0 Å². The molecule has 0 saturated heterocycles. The Morgan fingerprint density at radius 2 is 1.81 bits per heavy atom. The van der Waals surface area contributed by atoms with Crippen molar-refractivity contribution in [1.29, 1.82) is 5.41 Å². The minimum atomic E-state index is 0.159. The quantitative estimate of drug-likeness (QED) is 0.605. The van der Waals surface area contributed by atoms with Gasteiger partial charge in [-0.15, -0.1) is 0 Å². The molecular formula is C13H20N2O. The summed E-state index contributed by atoms with van der Waals surface area (Å²) in [4.78, 5) is 0. The van der Waals surface area contributed by atoms with Crippen molar-refractivity contribution in [2.24, 2.45) is 5.73 Å². The molecule has 0 unspecified atom stereocenters. The summed E-state index contributed by atoms with van der Waals surface area (Å²) in [5, 5.41) is 7.07. The van der Waals surface area contributed by atoms with E-state index in [1.165, 1.54) is 5.56 Å². The van der Waals surface area contributed by atoms with Gasteiger partial charge in [0.25, 0.3) is 0 Å². The van der Waals surface area contributed by atoms with Crippen molar-refractivity contribution in [3.8, 4) is 5.75 Å². The first-order chi connectivity index (χ1) is 7.39. The fourth-order valence-corrected chi connectivity index (χ4v) is 1.33. The molecule has 0 saturated carbocycles. The van der Waals surface area contributed by atoms with Crippen LogP contribution in [0.2, 0.25) is 0 Å².